The van der Waals surface area contributed by atoms with Crippen LogP contribution in [0.1, 0.15) is 36.7 Å². The van der Waals surface area contributed by atoms with Gasteiger partial charge in [-0.3, -0.25) is 9.59 Å². The van der Waals surface area contributed by atoms with Crippen molar-refractivity contribution in [3.63, 3.8) is 0 Å². The maximum atomic E-state index is 13.3. The molecule has 3 nitrogen and oxygen atoms in total. The van der Waals surface area contributed by atoms with Crippen molar-refractivity contribution >= 4 is 11.8 Å². The quantitative estimate of drug-likeness (QED) is 0.470. The first-order valence-corrected chi connectivity index (χ1v) is 5.78. The Morgan fingerprint density at radius 1 is 1.28 bits per heavy atom. The van der Waals surface area contributed by atoms with E-state index < -0.39 is 23.0 Å². The molecule has 0 bridgehead atoms. The molecule has 0 aliphatic rings. The van der Waals surface area contributed by atoms with E-state index >= 15 is 0 Å². The van der Waals surface area contributed by atoms with Crippen LogP contribution in [0.3, 0.4) is 0 Å². The maximum Gasteiger partial charge on any atom is 0.319 e. The molecule has 0 unspecified atom stereocenters. The van der Waals surface area contributed by atoms with E-state index in [9.17, 15) is 14.0 Å². The highest BCUT2D eigenvalue weighted by molar-refractivity contribution is 6.11. The number of esters is 1. The Labute approximate surface area is 106 Å². The van der Waals surface area contributed by atoms with Crippen LogP contribution in [0.4, 0.5) is 4.39 Å². The average Bonchev–Trinajstić information content (AvgIpc) is 2.26. The number of hydrogen-bond donors (Lipinski definition) is 0. The number of rotatable bonds is 4. The summed E-state index contributed by atoms with van der Waals surface area (Å²) >= 11 is 0. The highest BCUT2D eigenvalue weighted by atomic mass is 19.1. The molecule has 1 rings (SSSR count). The summed E-state index contributed by atoms with van der Waals surface area (Å²) in [5.74, 6) is -1.53. The molecule has 0 N–H and O–H groups in total. The lowest BCUT2D eigenvalue weighted by molar-refractivity contribution is -0.150. The van der Waals surface area contributed by atoms with Crippen molar-refractivity contribution in [2.75, 3.05) is 6.61 Å². The van der Waals surface area contributed by atoms with Crippen molar-refractivity contribution in [3.05, 3.63) is 35.1 Å². The Balaban J connectivity index is 3.09. The lowest BCUT2D eigenvalue weighted by Gasteiger charge is -2.21. The van der Waals surface area contributed by atoms with Crippen molar-refractivity contribution in [1.82, 2.24) is 0 Å². The van der Waals surface area contributed by atoms with Crippen molar-refractivity contribution in [1.29, 1.82) is 0 Å². The van der Waals surface area contributed by atoms with Crippen LogP contribution in [0.15, 0.2) is 18.2 Å². The van der Waals surface area contributed by atoms with Gasteiger partial charge in [-0.25, -0.2) is 4.39 Å². The largest absolute Gasteiger partial charge is 0.465 e. The minimum atomic E-state index is -1.31. The van der Waals surface area contributed by atoms with Gasteiger partial charge in [-0.15, -0.1) is 0 Å². The number of ketones is 1. The van der Waals surface area contributed by atoms with Gasteiger partial charge in [0, 0.05) is 5.56 Å². The molecule has 0 amide bonds. The third-order valence-corrected chi connectivity index (χ3v) is 2.66. The first-order valence-electron chi connectivity index (χ1n) is 5.78. The SMILES string of the molecule is CCOC(=O)C(C)(C)C(=O)c1cc(C)cc(F)c1. The Hall–Kier alpha value is -1.71. The van der Waals surface area contributed by atoms with E-state index in [1.807, 2.05) is 0 Å². The van der Waals surface area contributed by atoms with E-state index in [-0.39, 0.29) is 12.2 Å². The monoisotopic (exact) mass is 252 g/mol. The molecule has 0 aromatic heterocycles. The van der Waals surface area contributed by atoms with E-state index in [0.29, 0.717) is 5.56 Å². The molecular weight excluding hydrogens is 235 g/mol. The Bertz CT molecular complexity index is 458. The molecule has 0 aliphatic heterocycles. The van der Waals surface area contributed by atoms with Gasteiger partial charge in [0.15, 0.2) is 5.78 Å². The molecule has 0 radical (unpaired) electrons. The summed E-state index contributed by atoms with van der Waals surface area (Å²) < 4.78 is 18.1. The number of carbonyl (C=O) groups excluding carboxylic acids is 2. The summed E-state index contributed by atoms with van der Waals surface area (Å²) in [6.45, 7) is 6.53. The molecule has 0 spiro atoms. The minimum Gasteiger partial charge on any atom is -0.465 e. The highest BCUT2D eigenvalue weighted by Crippen LogP contribution is 2.24. The zero-order valence-electron chi connectivity index (χ0n) is 11.0. The molecule has 4 heteroatoms. The number of carbonyl (C=O) groups is 2. The van der Waals surface area contributed by atoms with Gasteiger partial charge in [0.1, 0.15) is 11.2 Å². The fraction of sp³-hybridized carbons (Fsp3) is 0.429. The van der Waals surface area contributed by atoms with Gasteiger partial charge >= 0.3 is 5.97 Å². The summed E-state index contributed by atoms with van der Waals surface area (Å²) in [4.78, 5) is 23.9. The van der Waals surface area contributed by atoms with Crippen LogP contribution in [0.25, 0.3) is 0 Å². The summed E-state index contributed by atoms with van der Waals surface area (Å²) in [6.07, 6.45) is 0. The second-order valence-electron chi connectivity index (χ2n) is 4.69. The van der Waals surface area contributed by atoms with E-state index in [2.05, 4.69) is 0 Å². The number of benzene rings is 1. The summed E-state index contributed by atoms with van der Waals surface area (Å²) in [5.41, 5.74) is -0.487. The summed E-state index contributed by atoms with van der Waals surface area (Å²) in [5, 5.41) is 0. The number of ether oxygens (including phenoxy) is 1. The Morgan fingerprint density at radius 3 is 2.39 bits per heavy atom. The molecule has 1 aromatic carbocycles. The zero-order chi connectivity index (χ0) is 13.9. The first kappa shape index (κ1) is 14.4. The lowest BCUT2D eigenvalue weighted by Crippen LogP contribution is -2.35. The molecule has 0 fully saturated rings. The van der Waals surface area contributed by atoms with Crippen LogP contribution in [0, 0.1) is 18.2 Å². The molecule has 0 heterocycles. The minimum absolute atomic E-state index is 0.186. The maximum absolute atomic E-state index is 13.3. The Kier molecular flexibility index (Phi) is 4.22. The molecule has 0 atom stereocenters. The van der Waals surface area contributed by atoms with Crippen LogP contribution in [0.2, 0.25) is 0 Å². The van der Waals surface area contributed by atoms with Crippen molar-refractivity contribution in [2.24, 2.45) is 5.41 Å². The van der Waals surface area contributed by atoms with E-state index in [1.54, 1.807) is 19.9 Å². The third-order valence-electron chi connectivity index (χ3n) is 2.66. The topological polar surface area (TPSA) is 43.4 Å². The standard InChI is InChI=1S/C14H17FO3/c1-5-18-13(17)14(3,4)12(16)10-6-9(2)7-11(15)8-10/h6-8H,5H2,1-4H3. The molecule has 0 aliphatic carbocycles. The average molecular weight is 252 g/mol. The highest BCUT2D eigenvalue weighted by Gasteiger charge is 2.38. The van der Waals surface area contributed by atoms with Gasteiger partial charge in [-0.1, -0.05) is 0 Å². The molecule has 18 heavy (non-hydrogen) atoms. The van der Waals surface area contributed by atoms with Crippen molar-refractivity contribution < 1.29 is 18.7 Å². The van der Waals surface area contributed by atoms with Crippen LogP contribution < -0.4 is 0 Å². The molecule has 0 saturated heterocycles. The summed E-state index contributed by atoms with van der Waals surface area (Å²) in [7, 11) is 0. The second kappa shape index (κ2) is 5.29. The number of hydrogen-bond acceptors (Lipinski definition) is 3. The van der Waals surface area contributed by atoms with Crippen molar-refractivity contribution in [3.8, 4) is 0 Å². The van der Waals surface area contributed by atoms with Gasteiger partial charge < -0.3 is 4.74 Å². The molecule has 1 aromatic rings. The Morgan fingerprint density at radius 2 is 1.89 bits per heavy atom. The van der Waals surface area contributed by atoms with Gasteiger partial charge in [0.05, 0.1) is 6.61 Å². The lowest BCUT2D eigenvalue weighted by atomic mass is 9.84. The van der Waals surface area contributed by atoms with Crippen LogP contribution in [0.5, 0.6) is 0 Å². The molecule has 98 valence electrons. The number of Topliss-reactive ketones (excluding diaryl/α,β-unsaturated/α-hetero) is 1. The predicted molar refractivity (Wildman–Crippen MR) is 65.9 cm³/mol. The molecular formula is C14H17FO3. The van der Waals surface area contributed by atoms with Gasteiger partial charge in [-0.2, -0.15) is 0 Å². The second-order valence-corrected chi connectivity index (χ2v) is 4.69. The van der Waals surface area contributed by atoms with Crippen LogP contribution in [-0.4, -0.2) is 18.4 Å². The van der Waals surface area contributed by atoms with Gasteiger partial charge in [0.25, 0.3) is 0 Å². The fourth-order valence-corrected chi connectivity index (χ4v) is 1.63. The van der Waals surface area contributed by atoms with Gasteiger partial charge in [0.2, 0.25) is 0 Å². The van der Waals surface area contributed by atoms with Crippen molar-refractivity contribution in [2.45, 2.75) is 27.7 Å². The zero-order valence-corrected chi connectivity index (χ0v) is 11.0. The number of aryl methyl sites for hydroxylation is 1. The first-order chi connectivity index (χ1) is 8.28. The predicted octanol–water partition coefficient (Wildman–Crippen LogP) is 2.91. The number of halogens is 1. The van der Waals surface area contributed by atoms with E-state index in [1.165, 1.54) is 19.9 Å². The third kappa shape index (κ3) is 2.94. The van der Waals surface area contributed by atoms with Crippen LogP contribution >= 0.6 is 0 Å². The van der Waals surface area contributed by atoms with Crippen LogP contribution in [-0.2, 0) is 9.53 Å². The summed E-state index contributed by atoms with van der Waals surface area (Å²) in [6, 6.07) is 4.02. The van der Waals surface area contributed by atoms with E-state index in [4.69, 9.17) is 4.74 Å². The fourth-order valence-electron chi connectivity index (χ4n) is 1.63. The molecule has 0 saturated carbocycles. The normalized spacial score (nSPS) is 11.2. The van der Waals surface area contributed by atoms with Gasteiger partial charge in [-0.05, 0) is 51.5 Å². The smallest absolute Gasteiger partial charge is 0.319 e. The van der Waals surface area contributed by atoms with E-state index in [0.717, 1.165) is 6.07 Å².